The Kier molecular flexibility index (Phi) is 10.2. The lowest BCUT2D eigenvalue weighted by molar-refractivity contribution is -0.119. The highest BCUT2D eigenvalue weighted by Crippen LogP contribution is 2.24. The molecule has 3 rings (SSSR count). The molecular formula is C24H23Cl3N4O4. The maximum Gasteiger partial charge on any atom is 0.255 e. The van der Waals surface area contributed by atoms with Crippen LogP contribution in [0.15, 0.2) is 60.7 Å². The molecule has 8 nitrogen and oxygen atoms in total. The van der Waals surface area contributed by atoms with Crippen molar-refractivity contribution in [1.82, 2.24) is 5.32 Å². The Morgan fingerprint density at radius 3 is 2.26 bits per heavy atom. The number of benzene rings is 3. The fourth-order valence-electron chi connectivity index (χ4n) is 2.95. The maximum absolute atomic E-state index is 12.8. The van der Waals surface area contributed by atoms with Gasteiger partial charge in [0.25, 0.3) is 11.8 Å². The number of nitrogens with one attached hydrogen (secondary N) is 2. The average Bonchev–Trinajstić information content (AvgIpc) is 2.80. The second kappa shape index (κ2) is 12.9. The summed E-state index contributed by atoms with van der Waals surface area (Å²) in [5.41, 5.74) is 12.9. The van der Waals surface area contributed by atoms with Crippen LogP contribution in [-0.2, 0) is 17.9 Å². The molecule has 0 aliphatic carbocycles. The summed E-state index contributed by atoms with van der Waals surface area (Å²) in [6, 6.07) is 16.7. The Hall–Kier alpha value is -3.46. The van der Waals surface area contributed by atoms with Gasteiger partial charge in [-0.15, -0.1) is 12.4 Å². The molecule has 6 N–H and O–H groups in total. The summed E-state index contributed by atoms with van der Waals surface area (Å²) in [7, 11) is 0. The van der Waals surface area contributed by atoms with Gasteiger partial charge in [0.1, 0.15) is 23.9 Å². The van der Waals surface area contributed by atoms with Gasteiger partial charge in [-0.3, -0.25) is 15.0 Å². The third-order valence-corrected chi connectivity index (χ3v) is 5.11. The Morgan fingerprint density at radius 2 is 1.60 bits per heavy atom. The molecule has 0 atom stereocenters. The average molecular weight is 538 g/mol. The predicted octanol–water partition coefficient (Wildman–Crippen LogP) is 4.07. The first-order valence-electron chi connectivity index (χ1n) is 10.1. The fraction of sp³-hybridized carbons (Fsp3) is 0.125. The molecular weight excluding hydrogens is 515 g/mol. The van der Waals surface area contributed by atoms with Crippen molar-refractivity contribution in [1.29, 1.82) is 5.41 Å². The van der Waals surface area contributed by atoms with E-state index in [1.165, 1.54) is 12.1 Å². The number of amides is 2. The van der Waals surface area contributed by atoms with Gasteiger partial charge in [0, 0.05) is 33.3 Å². The molecule has 0 spiro atoms. The van der Waals surface area contributed by atoms with E-state index in [1.54, 1.807) is 36.4 Å². The van der Waals surface area contributed by atoms with Gasteiger partial charge in [-0.1, -0.05) is 47.5 Å². The van der Waals surface area contributed by atoms with Gasteiger partial charge in [0.05, 0.1) is 0 Å². The number of nitrogen functional groups attached to an aromatic ring is 1. The molecule has 11 heteroatoms. The quantitative estimate of drug-likeness (QED) is 0.228. The number of nitrogens with two attached hydrogens (primary N) is 2. The van der Waals surface area contributed by atoms with Crippen LogP contribution in [0, 0.1) is 5.41 Å². The number of carbonyl (C=O) groups excluding carboxylic acids is 2. The summed E-state index contributed by atoms with van der Waals surface area (Å²) in [6.45, 7) is 0.00510. The van der Waals surface area contributed by atoms with Gasteiger partial charge in [0.2, 0.25) is 0 Å². The molecule has 0 heterocycles. The topological polar surface area (TPSA) is 141 Å². The van der Waals surface area contributed by atoms with E-state index in [0.29, 0.717) is 32.5 Å². The first-order chi connectivity index (χ1) is 16.2. The van der Waals surface area contributed by atoms with Gasteiger partial charge in [-0.2, -0.15) is 0 Å². The van der Waals surface area contributed by atoms with E-state index in [2.05, 4.69) is 5.32 Å². The van der Waals surface area contributed by atoms with Crippen LogP contribution in [0.25, 0.3) is 0 Å². The molecule has 0 fully saturated rings. The maximum atomic E-state index is 12.8. The zero-order chi connectivity index (χ0) is 24.7. The van der Waals surface area contributed by atoms with Crippen molar-refractivity contribution in [2.45, 2.75) is 13.2 Å². The van der Waals surface area contributed by atoms with Crippen LogP contribution >= 0.6 is 35.6 Å². The summed E-state index contributed by atoms with van der Waals surface area (Å²) in [5, 5.41) is 11.3. The van der Waals surface area contributed by atoms with Crippen molar-refractivity contribution in [3.63, 3.8) is 0 Å². The number of rotatable bonds is 10. The number of halogens is 3. The minimum Gasteiger partial charge on any atom is -0.489 e. The van der Waals surface area contributed by atoms with Crippen molar-refractivity contribution in [3.8, 4) is 11.5 Å². The molecule has 184 valence electrons. The third kappa shape index (κ3) is 8.36. The Morgan fingerprint density at radius 1 is 0.886 bits per heavy atom. The fourth-order valence-corrected chi connectivity index (χ4v) is 3.30. The molecule has 0 saturated carbocycles. The number of ether oxygens (including phenoxy) is 2. The van der Waals surface area contributed by atoms with Gasteiger partial charge in [-0.25, -0.2) is 0 Å². The number of hydrogen-bond donors (Lipinski definition) is 4. The van der Waals surface area contributed by atoms with Crippen LogP contribution in [0.2, 0.25) is 10.0 Å². The Balaban J connectivity index is 0.00000432. The van der Waals surface area contributed by atoms with E-state index in [-0.39, 0.29) is 43.8 Å². The van der Waals surface area contributed by atoms with Crippen LogP contribution in [0.3, 0.4) is 0 Å². The highest BCUT2D eigenvalue weighted by Gasteiger charge is 2.13. The van der Waals surface area contributed by atoms with Crippen LogP contribution in [-0.4, -0.2) is 24.3 Å². The molecule has 0 unspecified atom stereocenters. The van der Waals surface area contributed by atoms with Crippen molar-refractivity contribution < 1.29 is 19.1 Å². The summed E-state index contributed by atoms with van der Waals surface area (Å²) in [4.78, 5) is 23.9. The van der Waals surface area contributed by atoms with Crippen molar-refractivity contribution in [2.24, 2.45) is 11.5 Å². The molecule has 0 aliphatic heterocycles. The van der Waals surface area contributed by atoms with E-state index < -0.39 is 11.8 Å². The highest BCUT2D eigenvalue weighted by atomic mass is 35.5. The lowest BCUT2D eigenvalue weighted by Crippen LogP contribution is -2.24. The van der Waals surface area contributed by atoms with E-state index in [0.717, 1.165) is 5.56 Å². The van der Waals surface area contributed by atoms with Crippen LogP contribution in [0.4, 0.5) is 0 Å². The minimum atomic E-state index is -0.659. The van der Waals surface area contributed by atoms with Crippen LogP contribution in [0.1, 0.15) is 27.0 Å². The lowest BCUT2D eigenvalue weighted by Gasteiger charge is -2.14. The normalized spacial score (nSPS) is 10.1. The van der Waals surface area contributed by atoms with E-state index in [4.69, 9.17) is 49.6 Å². The van der Waals surface area contributed by atoms with Gasteiger partial charge in [-0.05, 0) is 42.0 Å². The molecule has 0 radical (unpaired) electrons. The Bertz CT molecular complexity index is 1220. The monoisotopic (exact) mass is 536 g/mol. The smallest absolute Gasteiger partial charge is 0.255 e. The van der Waals surface area contributed by atoms with Gasteiger partial charge >= 0.3 is 0 Å². The zero-order valence-corrected chi connectivity index (χ0v) is 20.7. The largest absolute Gasteiger partial charge is 0.489 e. The molecule has 35 heavy (non-hydrogen) atoms. The molecule has 3 aromatic rings. The first kappa shape index (κ1) is 27.8. The van der Waals surface area contributed by atoms with Crippen molar-refractivity contribution in [3.05, 3.63) is 93.0 Å². The lowest BCUT2D eigenvalue weighted by atomic mass is 10.1. The van der Waals surface area contributed by atoms with Gasteiger partial charge < -0.3 is 26.3 Å². The second-order valence-electron chi connectivity index (χ2n) is 7.26. The third-order valence-electron chi connectivity index (χ3n) is 4.64. The standard InChI is InChI=1S/C24H22Cl2N4O4.ClH/c25-18-5-1-14(2-6-18)12-33-20-8-17(7-19(26)10-20)24(32)30-11-16-4-3-15(23(28)29)9-21(16)34-13-22(27)31;/h1-10H,11-13H2,(H2,27,31)(H3,28,29)(H,30,32);1H. The molecule has 3 aromatic carbocycles. The zero-order valence-electron chi connectivity index (χ0n) is 18.3. The summed E-state index contributed by atoms with van der Waals surface area (Å²) < 4.78 is 11.2. The second-order valence-corrected chi connectivity index (χ2v) is 8.14. The minimum absolute atomic E-state index is 0. The first-order valence-corrected chi connectivity index (χ1v) is 10.8. The molecule has 0 saturated heterocycles. The van der Waals surface area contributed by atoms with Crippen molar-refractivity contribution in [2.75, 3.05) is 6.61 Å². The van der Waals surface area contributed by atoms with Crippen molar-refractivity contribution >= 4 is 53.3 Å². The van der Waals surface area contributed by atoms with Crippen LogP contribution < -0.4 is 26.3 Å². The van der Waals surface area contributed by atoms with Crippen LogP contribution in [0.5, 0.6) is 11.5 Å². The van der Waals surface area contributed by atoms with E-state index in [9.17, 15) is 9.59 Å². The molecule has 0 aliphatic rings. The summed E-state index contributed by atoms with van der Waals surface area (Å²) in [5.74, 6) is -0.498. The molecule has 0 aromatic heterocycles. The molecule has 0 bridgehead atoms. The number of primary amides is 1. The highest BCUT2D eigenvalue weighted by molar-refractivity contribution is 6.31. The molecule has 2 amide bonds. The Labute approximate surface area is 218 Å². The summed E-state index contributed by atoms with van der Waals surface area (Å²) >= 11 is 12.1. The number of carbonyl (C=O) groups is 2. The number of amidine groups is 1. The van der Waals surface area contributed by atoms with E-state index >= 15 is 0 Å². The number of hydrogen-bond acceptors (Lipinski definition) is 5. The predicted molar refractivity (Wildman–Crippen MR) is 138 cm³/mol. The van der Waals surface area contributed by atoms with E-state index in [1.807, 2.05) is 12.1 Å². The SMILES string of the molecule is Cl.N=C(N)c1ccc(CNC(=O)c2cc(Cl)cc(OCc3ccc(Cl)cc3)c2)c(OCC(N)=O)c1. The summed E-state index contributed by atoms with van der Waals surface area (Å²) in [6.07, 6.45) is 0. The van der Waals surface area contributed by atoms with Gasteiger partial charge in [0.15, 0.2) is 6.61 Å².